The minimum absolute atomic E-state index is 0.974. The minimum atomic E-state index is 0.974. The zero-order valence-corrected chi connectivity index (χ0v) is 12.6. The van der Waals surface area contributed by atoms with Crippen LogP contribution in [0.15, 0.2) is 29.6 Å². The Hall–Kier alpha value is -0.680. The van der Waals surface area contributed by atoms with Gasteiger partial charge in [-0.2, -0.15) is 0 Å². The van der Waals surface area contributed by atoms with Crippen LogP contribution in [-0.2, 0) is 19.6 Å². The molecular weight excluding hydrogens is 260 g/mol. The van der Waals surface area contributed by atoms with E-state index in [1.54, 1.807) is 0 Å². The molecule has 0 spiro atoms. The third-order valence-electron chi connectivity index (χ3n) is 2.85. The fourth-order valence-corrected chi connectivity index (χ4v) is 3.72. The van der Waals surface area contributed by atoms with Crippen molar-refractivity contribution >= 4 is 22.7 Å². The van der Waals surface area contributed by atoms with Gasteiger partial charge in [-0.25, -0.2) is 0 Å². The normalized spacial score (nSPS) is 11.3. The molecule has 0 saturated carbocycles. The standard InChI is InChI=1S/C14H20N2S2/c1-3-16(10-13-5-4-8-17-13)11-14-7-6-12(18-14)9-15-2/h4-8,15H,3,9-11H2,1-2H3. The predicted molar refractivity (Wildman–Crippen MR) is 81.2 cm³/mol. The number of hydrogen-bond acceptors (Lipinski definition) is 4. The van der Waals surface area contributed by atoms with E-state index in [1.807, 2.05) is 29.7 Å². The van der Waals surface area contributed by atoms with Gasteiger partial charge in [0.05, 0.1) is 0 Å². The molecule has 4 heteroatoms. The lowest BCUT2D eigenvalue weighted by Gasteiger charge is -2.18. The van der Waals surface area contributed by atoms with Crippen molar-refractivity contribution in [2.75, 3.05) is 13.6 Å². The SMILES string of the molecule is CCN(Cc1cccs1)Cc1ccc(CNC)s1. The minimum Gasteiger partial charge on any atom is -0.315 e. The summed E-state index contributed by atoms with van der Waals surface area (Å²) in [7, 11) is 1.99. The molecule has 0 amide bonds. The van der Waals surface area contributed by atoms with Crippen LogP contribution in [0, 0.1) is 0 Å². The highest BCUT2D eigenvalue weighted by atomic mass is 32.1. The maximum atomic E-state index is 3.20. The lowest BCUT2D eigenvalue weighted by molar-refractivity contribution is 0.276. The van der Waals surface area contributed by atoms with Gasteiger partial charge in [0.15, 0.2) is 0 Å². The molecule has 2 aromatic heterocycles. The fraction of sp³-hybridized carbons (Fsp3) is 0.429. The molecule has 0 aromatic carbocycles. The van der Waals surface area contributed by atoms with Crippen LogP contribution < -0.4 is 5.32 Å². The molecule has 98 valence electrons. The van der Waals surface area contributed by atoms with Crippen LogP contribution >= 0.6 is 22.7 Å². The zero-order chi connectivity index (χ0) is 12.8. The summed E-state index contributed by atoms with van der Waals surface area (Å²) in [6.07, 6.45) is 0. The van der Waals surface area contributed by atoms with Gasteiger partial charge in [-0.3, -0.25) is 4.90 Å². The van der Waals surface area contributed by atoms with Crippen LogP contribution in [0.5, 0.6) is 0 Å². The predicted octanol–water partition coefficient (Wildman–Crippen LogP) is 3.55. The van der Waals surface area contributed by atoms with Crippen LogP contribution in [0.2, 0.25) is 0 Å². The average Bonchev–Trinajstić information content (AvgIpc) is 3.01. The second-order valence-electron chi connectivity index (χ2n) is 4.28. The molecule has 2 nitrogen and oxygen atoms in total. The second kappa shape index (κ2) is 7.04. The zero-order valence-electron chi connectivity index (χ0n) is 11.0. The van der Waals surface area contributed by atoms with E-state index in [-0.39, 0.29) is 0 Å². The summed E-state index contributed by atoms with van der Waals surface area (Å²) >= 11 is 3.76. The van der Waals surface area contributed by atoms with Gasteiger partial charge < -0.3 is 5.32 Å². The van der Waals surface area contributed by atoms with Crippen molar-refractivity contribution in [3.63, 3.8) is 0 Å². The number of rotatable bonds is 7. The van der Waals surface area contributed by atoms with Crippen molar-refractivity contribution in [1.29, 1.82) is 0 Å². The maximum absolute atomic E-state index is 3.20. The number of thiophene rings is 2. The van der Waals surface area contributed by atoms with E-state index in [0.29, 0.717) is 0 Å². The lowest BCUT2D eigenvalue weighted by Crippen LogP contribution is -2.21. The van der Waals surface area contributed by atoms with Crippen molar-refractivity contribution in [2.45, 2.75) is 26.6 Å². The van der Waals surface area contributed by atoms with E-state index in [0.717, 1.165) is 26.2 Å². The number of hydrogen-bond donors (Lipinski definition) is 1. The van der Waals surface area contributed by atoms with Gasteiger partial charge >= 0.3 is 0 Å². The molecule has 0 aliphatic carbocycles. The summed E-state index contributed by atoms with van der Waals surface area (Å²) in [5, 5.41) is 5.35. The number of nitrogens with one attached hydrogen (secondary N) is 1. The molecule has 18 heavy (non-hydrogen) atoms. The molecule has 0 atom stereocenters. The van der Waals surface area contributed by atoms with Crippen molar-refractivity contribution in [2.24, 2.45) is 0 Å². The molecule has 0 radical (unpaired) electrons. The molecule has 2 rings (SSSR count). The van der Waals surface area contributed by atoms with Gasteiger partial charge in [-0.1, -0.05) is 13.0 Å². The van der Waals surface area contributed by atoms with Gasteiger partial charge in [-0.05, 0) is 37.2 Å². The Kier molecular flexibility index (Phi) is 5.38. The monoisotopic (exact) mass is 280 g/mol. The van der Waals surface area contributed by atoms with Crippen LogP contribution in [-0.4, -0.2) is 18.5 Å². The van der Waals surface area contributed by atoms with Crippen molar-refractivity contribution in [3.8, 4) is 0 Å². The molecule has 0 bridgehead atoms. The Morgan fingerprint density at radius 1 is 1.11 bits per heavy atom. The summed E-state index contributed by atoms with van der Waals surface area (Å²) in [5.74, 6) is 0. The first-order chi connectivity index (χ1) is 8.81. The first kappa shape index (κ1) is 13.7. The van der Waals surface area contributed by atoms with Crippen LogP contribution in [0.25, 0.3) is 0 Å². The lowest BCUT2D eigenvalue weighted by atomic mass is 10.3. The molecule has 2 aromatic rings. The molecular formula is C14H20N2S2. The Balaban J connectivity index is 1.92. The summed E-state index contributed by atoms with van der Waals surface area (Å²) in [6, 6.07) is 8.84. The van der Waals surface area contributed by atoms with E-state index < -0.39 is 0 Å². The van der Waals surface area contributed by atoms with Gasteiger partial charge in [-0.15, -0.1) is 22.7 Å². The average molecular weight is 280 g/mol. The molecule has 2 heterocycles. The molecule has 0 aliphatic rings. The van der Waals surface area contributed by atoms with Crippen molar-refractivity contribution in [1.82, 2.24) is 10.2 Å². The van der Waals surface area contributed by atoms with Gasteiger partial charge in [0, 0.05) is 34.3 Å². The summed E-state index contributed by atoms with van der Waals surface area (Å²) < 4.78 is 0. The van der Waals surface area contributed by atoms with Crippen LogP contribution in [0.4, 0.5) is 0 Å². The van der Waals surface area contributed by atoms with Crippen molar-refractivity contribution in [3.05, 3.63) is 44.3 Å². The third-order valence-corrected chi connectivity index (χ3v) is 4.79. The highest BCUT2D eigenvalue weighted by Crippen LogP contribution is 2.20. The largest absolute Gasteiger partial charge is 0.315 e. The third kappa shape index (κ3) is 3.92. The van der Waals surface area contributed by atoms with E-state index in [9.17, 15) is 0 Å². The van der Waals surface area contributed by atoms with Crippen LogP contribution in [0.1, 0.15) is 21.6 Å². The first-order valence-electron chi connectivity index (χ1n) is 6.28. The smallest absolute Gasteiger partial charge is 0.0331 e. The molecule has 0 fully saturated rings. The molecule has 0 saturated heterocycles. The summed E-state index contributed by atoms with van der Waals surface area (Å²) in [6.45, 7) is 6.42. The van der Waals surface area contributed by atoms with E-state index in [4.69, 9.17) is 0 Å². The maximum Gasteiger partial charge on any atom is 0.0331 e. The van der Waals surface area contributed by atoms with E-state index >= 15 is 0 Å². The first-order valence-corrected chi connectivity index (χ1v) is 7.98. The summed E-state index contributed by atoms with van der Waals surface area (Å²) in [4.78, 5) is 6.81. The highest BCUT2D eigenvalue weighted by Gasteiger charge is 2.07. The highest BCUT2D eigenvalue weighted by molar-refractivity contribution is 7.12. The fourth-order valence-electron chi connectivity index (χ4n) is 1.90. The molecule has 0 unspecified atom stereocenters. The Labute approximate surface area is 117 Å². The Morgan fingerprint density at radius 2 is 1.89 bits per heavy atom. The van der Waals surface area contributed by atoms with E-state index in [1.165, 1.54) is 14.6 Å². The van der Waals surface area contributed by atoms with Crippen molar-refractivity contribution < 1.29 is 0 Å². The van der Waals surface area contributed by atoms with Crippen LogP contribution in [0.3, 0.4) is 0 Å². The second-order valence-corrected chi connectivity index (χ2v) is 6.57. The quantitative estimate of drug-likeness (QED) is 0.834. The Bertz CT molecular complexity index is 448. The van der Waals surface area contributed by atoms with Gasteiger partial charge in [0.2, 0.25) is 0 Å². The summed E-state index contributed by atoms with van der Waals surface area (Å²) in [5.41, 5.74) is 0. The number of nitrogens with zero attached hydrogens (tertiary/aromatic N) is 1. The molecule has 1 N–H and O–H groups in total. The Morgan fingerprint density at radius 3 is 2.56 bits per heavy atom. The molecule has 0 aliphatic heterocycles. The van der Waals surface area contributed by atoms with Gasteiger partial charge in [0.1, 0.15) is 0 Å². The van der Waals surface area contributed by atoms with E-state index in [2.05, 4.69) is 46.8 Å². The van der Waals surface area contributed by atoms with Gasteiger partial charge in [0.25, 0.3) is 0 Å². The topological polar surface area (TPSA) is 15.3 Å².